The Hall–Kier alpha value is -3.74. The van der Waals surface area contributed by atoms with Crippen LogP contribution in [0.5, 0.6) is 0 Å². The number of hydrogen-bond acceptors (Lipinski definition) is 5. The van der Waals surface area contributed by atoms with E-state index in [0.29, 0.717) is 16.6 Å². The molecule has 130 valence electrons. The van der Waals surface area contributed by atoms with Crippen molar-refractivity contribution in [2.45, 2.75) is 6.61 Å². The molecule has 0 saturated heterocycles. The van der Waals surface area contributed by atoms with Crippen molar-refractivity contribution in [3.05, 3.63) is 92.3 Å². The van der Waals surface area contributed by atoms with Gasteiger partial charge in [-0.1, -0.05) is 30.3 Å². The molecule has 0 aliphatic carbocycles. The van der Waals surface area contributed by atoms with Crippen molar-refractivity contribution in [2.24, 2.45) is 0 Å². The van der Waals surface area contributed by atoms with Crippen LogP contribution in [0.3, 0.4) is 0 Å². The number of benzene rings is 2. The van der Waals surface area contributed by atoms with Gasteiger partial charge in [-0.25, -0.2) is 4.79 Å². The highest BCUT2D eigenvalue weighted by Gasteiger charge is 2.07. The quantitative estimate of drug-likeness (QED) is 0.329. The van der Waals surface area contributed by atoms with Crippen LogP contribution in [0.25, 0.3) is 17.0 Å². The average molecular weight is 350 g/mol. The lowest BCUT2D eigenvalue weighted by Gasteiger charge is -2.04. The number of rotatable bonds is 5. The predicted octanol–water partition coefficient (Wildman–Crippen LogP) is 3.19. The average Bonchev–Trinajstić information content (AvgIpc) is 2.65. The van der Waals surface area contributed by atoms with E-state index in [1.54, 1.807) is 18.2 Å². The third-order valence-electron chi connectivity index (χ3n) is 3.69. The number of hydrogen-bond donors (Lipinski definition) is 1. The van der Waals surface area contributed by atoms with E-state index in [1.807, 2.05) is 18.2 Å². The van der Waals surface area contributed by atoms with Crippen LogP contribution >= 0.6 is 0 Å². The van der Waals surface area contributed by atoms with Gasteiger partial charge in [0, 0.05) is 23.7 Å². The maximum atomic E-state index is 12.0. The Morgan fingerprint density at radius 1 is 1.15 bits per heavy atom. The lowest BCUT2D eigenvalue weighted by atomic mass is 10.1. The summed E-state index contributed by atoms with van der Waals surface area (Å²) in [6.45, 7) is -0.168. The molecule has 0 spiro atoms. The molecule has 0 atom stereocenters. The monoisotopic (exact) mass is 350 g/mol. The first kappa shape index (κ1) is 17.1. The number of carbonyl (C=O) groups excluding carboxylic acids is 1. The highest BCUT2D eigenvalue weighted by atomic mass is 16.6. The van der Waals surface area contributed by atoms with E-state index >= 15 is 0 Å². The summed E-state index contributed by atoms with van der Waals surface area (Å²) in [5.41, 5.74) is 1.15. The van der Waals surface area contributed by atoms with Crippen LogP contribution in [0.15, 0.2) is 65.5 Å². The van der Waals surface area contributed by atoms with Crippen LogP contribution in [0, 0.1) is 10.1 Å². The number of nitro groups is 1. The zero-order chi connectivity index (χ0) is 18.5. The summed E-state index contributed by atoms with van der Waals surface area (Å²) in [5, 5.41) is 11.6. The van der Waals surface area contributed by atoms with Crippen molar-refractivity contribution in [3.8, 4) is 0 Å². The Bertz CT molecular complexity index is 1070. The van der Waals surface area contributed by atoms with E-state index in [9.17, 15) is 19.7 Å². The van der Waals surface area contributed by atoms with E-state index < -0.39 is 10.9 Å². The van der Waals surface area contributed by atoms with Crippen molar-refractivity contribution < 1.29 is 14.5 Å². The molecule has 0 aliphatic heterocycles. The van der Waals surface area contributed by atoms with Crippen LogP contribution in [0.4, 0.5) is 5.69 Å². The summed E-state index contributed by atoms with van der Waals surface area (Å²) in [7, 11) is 0. The normalized spacial score (nSPS) is 10.9. The molecular formula is C19H14N2O5. The minimum absolute atomic E-state index is 0.0665. The van der Waals surface area contributed by atoms with Gasteiger partial charge in [0.25, 0.3) is 11.2 Å². The van der Waals surface area contributed by atoms with Gasteiger partial charge in [-0.15, -0.1) is 0 Å². The topological polar surface area (TPSA) is 102 Å². The highest BCUT2D eigenvalue weighted by Crippen LogP contribution is 2.14. The fraction of sp³-hybridized carbons (Fsp3) is 0.0526. The Labute approximate surface area is 147 Å². The number of esters is 1. The Morgan fingerprint density at radius 2 is 1.96 bits per heavy atom. The largest absolute Gasteiger partial charge is 0.457 e. The first-order chi connectivity index (χ1) is 12.5. The summed E-state index contributed by atoms with van der Waals surface area (Å²) in [5.74, 6) is -0.649. The second-order valence-corrected chi connectivity index (χ2v) is 5.50. The summed E-state index contributed by atoms with van der Waals surface area (Å²) >= 11 is 0. The maximum Gasteiger partial charge on any atom is 0.331 e. The molecule has 7 nitrogen and oxygen atoms in total. The first-order valence-electron chi connectivity index (χ1n) is 7.73. The van der Waals surface area contributed by atoms with Crippen molar-refractivity contribution >= 4 is 28.6 Å². The molecule has 3 aromatic rings. The maximum absolute atomic E-state index is 12.0. The molecule has 2 aromatic carbocycles. The fourth-order valence-corrected chi connectivity index (χ4v) is 2.40. The molecule has 26 heavy (non-hydrogen) atoms. The molecule has 1 aromatic heterocycles. The van der Waals surface area contributed by atoms with Gasteiger partial charge in [0.05, 0.1) is 10.5 Å². The Kier molecular flexibility index (Phi) is 4.89. The van der Waals surface area contributed by atoms with E-state index in [1.165, 1.54) is 24.3 Å². The van der Waals surface area contributed by atoms with Gasteiger partial charge >= 0.3 is 5.97 Å². The van der Waals surface area contributed by atoms with Gasteiger partial charge < -0.3 is 9.72 Å². The standard InChI is InChI=1S/C19H14N2O5/c22-18(9-8-13-4-3-6-16(10-13)21(24)25)26-12-15-11-14-5-1-2-7-17(14)20-19(15)23/h1-11H,12H2,(H,20,23). The van der Waals surface area contributed by atoms with Crippen molar-refractivity contribution in [2.75, 3.05) is 0 Å². The van der Waals surface area contributed by atoms with Gasteiger partial charge in [0.15, 0.2) is 0 Å². The third kappa shape index (κ3) is 4.02. The number of nitro benzene ring substituents is 1. The number of aromatic nitrogens is 1. The predicted molar refractivity (Wildman–Crippen MR) is 96.5 cm³/mol. The number of nitrogens with one attached hydrogen (secondary N) is 1. The third-order valence-corrected chi connectivity index (χ3v) is 3.69. The molecule has 0 amide bonds. The minimum atomic E-state index is -0.649. The van der Waals surface area contributed by atoms with E-state index in [-0.39, 0.29) is 17.9 Å². The van der Waals surface area contributed by atoms with Gasteiger partial charge in [-0.2, -0.15) is 0 Å². The molecule has 0 unspecified atom stereocenters. The molecule has 1 heterocycles. The molecular weight excluding hydrogens is 336 g/mol. The van der Waals surface area contributed by atoms with E-state index in [0.717, 1.165) is 11.5 Å². The zero-order valence-electron chi connectivity index (χ0n) is 13.5. The molecule has 0 bridgehead atoms. The highest BCUT2D eigenvalue weighted by molar-refractivity contribution is 5.87. The summed E-state index contributed by atoms with van der Waals surface area (Å²) in [6, 6.07) is 14.8. The molecule has 7 heteroatoms. The van der Waals surface area contributed by atoms with Gasteiger partial charge in [0.1, 0.15) is 6.61 Å². The molecule has 0 fully saturated rings. The number of H-pyrrole nitrogens is 1. The fourth-order valence-electron chi connectivity index (χ4n) is 2.40. The lowest BCUT2D eigenvalue weighted by Crippen LogP contribution is -2.14. The number of ether oxygens (including phenoxy) is 1. The number of pyridine rings is 1. The van der Waals surface area contributed by atoms with Crippen LogP contribution < -0.4 is 5.56 Å². The second-order valence-electron chi connectivity index (χ2n) is 5.50. The molecule has 1 N–H and O–H groups in total. The molecule has 3 rings (SSSR count). The van der Waals surface area contributed by atoms with E-state index in [2.05, 4.69) is 4.98 Å². The Balaban J connectivity index is 1.67. The number of aromatic amines is 1. The molecule has 0 aliphatic rings. The minimum Gasteiger partial charge on any atom is -0.457 e. The molecule has 0 radical (unpaired) electrons. The number of fused-ring (bicyclic) bond motifs is 1. The van der Waals surface area contributed by atoms with Crippen LogP contribution in [-0.4, -0.2) is 15.9 Å². The van der Waals surface area contributed by atoms with Crippen LogP contribution in [0.1, 0.15) is 11.1 Å². The lowest BCUT2D eigenvalue weighted by molar-refractivity contribution is -0.384. The first-order valence-corrected chi connectivity index (χ1v) is 7.73. The summed E-state index contributed by atoms with van der Waals surface area (Å²) in [4.78, 5) is 36.8. The van der Waals surface area contributed by atoms with Crippen LogP contribution in [0.2, 0.25) is 0 Å². The van der Waals surface area contributed by atoms with Crippen LogP contribution in [-0.2, 0) is 16.1 Å². The number of nitrogens with zero attached hydrogens (tertiary/aromatic N) is 1. The van der Waals surface area contributed by atoms with Crippen molar-refractivity contribution in [1.82, 2.24) is 4.98 Å². The SMILES string of the molecule is O=C(C=Cc1cccc([N+](=O)[O-])c1)OCc1cc2ccccc2[nH]c1=O. The zero-order valence-corrected chi connectivity index (χ0v) is 13.5. The number of non-ortho nitro benzene ring substituents is 1. The second kappa shape index (κ2) is 7.43. The van der Waals surface area contributed by atoms with Gasteiger partial charge in [-0.05, 0) is 29.2 Å². The van der Waals surface area contributed by atoms with Gasteiger partial charge in [0.2, 0.25) is 0 Å². The number of carbonyl (C=O) groups is 1. The number of para-hydroxylation sites is 1. The summed E-state index contributed by atoms with van der Waals surface area (Å²) < 4.78 is 5.08. The summed E-state index contributed by atoms with van der Waals surface area (Å²) in [6.07, 6.45) is 2.58. The molecule has 0 saturated carbocycles. The van der Waals surface area contributed by atoms with Crippen molar-refractivity contribution in [1.29, 1.82) is 0 Å². The van der Waals surface area contributed by atoms with Crippen molar-refractivity contribution in [3.63, 3.8) is 0 Å². The Morgan fingerprint density at radius 3 is 2.77 bits per heavy atom. The smallest absolute Gasteiger partial charge is 0.331 e. The van der Waals surface area contributed by atoms with Gasteiger partial charge in [-0.3, -0.25) is 14.9 Å². The van der Waals surface area contributed by atoms with E-state index in [4.69, 9.17) is 4.74 Å².